The van der Waals surface area contributed by atoms with E-state index in [0.29, 0.717) is 38.2 Å². The first-order valence-corrected chi connectivity index (χ1v) is 9.15. The third-order valence-corrected chi connectivity index (χ3v) is 6.05. The van der Waals surface area contributed by atoms with Crippen molar-refractivity contribution in [3.8, 4) is 0 Å². The first-order valence-electron chi connectivity index (χ1n) is 9.15. The number of ether oxygens (including phenoxy) is 1. The van der Waals surface area contributed by atoms with E-state index >= 15 is 0 Å². The zero-order chi connectivity index (χ0) is 18.3. The molecule has 2 aromatic heterocycles. The van der Waals surface area contributed by atoms with Gasteiger partial charge in [0.15, 0.2) is 5.65 Å². The fourth-order valence-electron chi connectivity index (χ4n) is 4.32. The number of nitrogens with zero attached hydrogens (tertiary/aromatic N) is 4. The van der Waals surface area contributed by atoms with Gasteiger partial charge in [-0.05, 0) is 19.8 Å². The van der Waals surface area contributed by atoms with Crippen molar-refractivity contribution in [1.82, 2.24) is 19.5 Å². The van der Waals surface area contributed by atoms with Gasteiger partial charge >= 0.3 is 0 Å². The number of aliphatic hydroxyl groups is 1. The third kappa shape index (κ3) is 2.60. The summed E-state index contributed by atoms with van der Waals surface area (Å²) in [6, 6.07) is 1.81. The van der Waals surface area contributed by atoms with Crippen molar-refractivity contribution in [2.24, 2.45) is 11.1 Å². The Morgan fingerprint density at radius 2 is 2.23 bits per heavy atom. The van der Waals surface area contributed by atoms with Gasteiger partial charge in [0.1, 0.15) is 0 Å². The van der Waals surface area contributed by atoms with Gasteiger partial charge in [-0.1, -0.05) is 0 Å². The number of aryl methyl sites for hydroxylation is 1. The van der Waals surface area contributed by atoms with Gasteiger partial charge in [-0.25, -0.2) is 9.50 Å². The van der Waals surface area contributed by atoms with Gasteiger partial charge in [-0.15, -0.1) is 0 Å². The highest BCUT2D eigenvalue weighted by molar-refractivity contribution is 5.95. The van der Waals surface area contributed by atoms with Crippen LogP contribution in [0, 0.1) is 12.3 Å². The molecule has 2 fully saturated rings. The van der Waals surface area contributed by atoms with Gasteiger partial charge in [0.25, 0.3) is 5.91 Å². The van der Waals surface area contributed by atoms with Crippen molar-refractivity contribution in [1.29, 1.82) is 0 Å². The van der Waals surface area contributed by atoms with E-state index in [1.807, 2.05) is 17.9 Å². The fraction of sp³-hybridized carbons (Fsp3) is 0.611. The first kappa shape index (κ1) is 17.4. The monoisotopic (exact) mass is 359 g/mol. The van der Waals surface area contributed by atoms with Crippen LogP contribution in [-0.4, -0.2) is 69.0 Å². The van der Waals surface area contributed by atoms with E-state index < -0.39 is 0 Å². The lowest BCUT2D eigenvalue weighted by atomic mass is 9.58. The molecule has 1 saturated carbocycles. The SMILES string of the molecule is Cc1c(C(=O)N2CCC3(CC2)[C@H](O)C[C@@H]3OCCN)cnc2ccnn12. The number of piperidine rings is 1. The number of carbonyl (C=O) groups is 1. The third-order valence-electron chi connectivity index (χ3n) is 6.05. The molecule has 0 bridgehead atoms. The summed E-state index contributed by atoms with van der Waals surface area (Å²) >= 11 is 0. The van der Waals surface area contributed by atoms with Crippen LogP contribution in [0.2, 0.25) is 0 Å². The number of rotatable bonds is 4. The van der Waals surface area contributed by atoms with Crippen LogP contribution in [0.1, 0.15) is 35.3 Å². The van der Waals surface area contributed by atoms with E-state index in [0.717, 1.165) is 24.2 Å². The summed E-state index contributed by atoms with van der Waals surface area (Å²) < 4.78 is 7.51. The average molecular weight is 359 g/mol. The van der Waals surface area contributed by atoms with Gasteiger partial charge < -0.3 is 20.5 Å². The predicted octanol–water partition coefficient (Wildman–Crippen LogP) is 0.369. The Labute approximate surface area is 151 Å². The lowest BCUT2D eigenvalue weighted by Gasteiger charge is -2.56. The van der Waals surface area contributed by atoms with Crippen LogP contribution in [0.5, 0.6) is 0 Å². The maximum Gasteiger partial charge on any atom is 0.257 e. The molecule has 2 atom stereocenters. The smallest absolute Gasteiger partial charge is 0.257 e. The molecule has 1 aliphatic heterocycles. The molecule has 8 heteroatoms. The van der Waals surface area contributed by atoms with Crippen LogP contribution < -0.4 is 5.73 Å². The van der Waals surface area contributed by atoms with Crippen molar-refractivity contribution < 1.29 is 14.6 Å². The Morgan fingerprint density at radius 1 is 1.46 bits per heavy atom. The molecule has 4 rings (SSSR count). The fourth-order valence-corrected chi connectivity index (χ4v) is 4.32. The highest BCUT2D eigenvalue weighted by Crippen LogP contribution is 2.51. The van der Waals surface area contributed by atoms with E-state index in [2.05, 4.69) is 10.1 Å². The Balaban J connectivity index is 1.47. The van der Waals surface area contributed by atoms with Gasteiger partial charge in [0.05, 0.1) is 36.3 Å². The summed E-state index contributed by atoms with van der Waals surface area (Å²) in [7, 11) is 0. The molecule has 0 unspecified atom stereocenters. The summed E-state index contributed by atoms with van der Waals surface area (Å²) in [5.74, 6) is -0.0320. The summed E-state index contributed by atoms with van der Waals surface area (Å²) in [5.41, 5.74) is 7.39. The number of aliphatic hydroxyl groups excluding tert-OH is 1. The van der Waals surface area contributed by atoms with E-state index in [1.165, 1.54) is 0 Å². The Bertz CT molecular complexity index is 812. The predicted molar refractivity (Wildman–Crippen MR) is 94.7 cm³/mol. The molecule has 0 aromatic carbocycles. The summed E-state index contributed by atoms with van der Waals surface area (Å²) in [6.07, 6.45) is 5.14. The lowest BCUT2D eigenvalue weighted by Crippen LogP contribution is -2.63. The summed E-state index contributed by atoms with van der Waals surface area (Å²) in [4.78, 5) is 19.1. The van der Waals surface area contributed by atoms with Gasteiger partial charge in [0.2, 0.25) is 0 Å². The topological polar surface area (TPSA) is 106 Å². The number of carbonyl (C=O) groups excluding carboxylic acids is 1. The molecule has 1 spiro atoms. The van der Waals surface area contributed by atoms with E-state index in [-0.39, 0.29) is 23.5 Å². The van der Waals surface area contributed by atoms with E-state index in [1.54, 1.807) is 16.9 Å². The molecule has 3 heterocycles. The summed E-state index contributed by atoms with van der Waals surface area (Å²) in [6.45, 7) is 4.09. The molecule has 1 saturated heterocycles. The molecule has 0 radical (unpaired) electrons. The van der Waals surface area contributed by atoms with E-state index in [9.17, 15) is 9.90 Å². The van der Waals surface area contributed by atoms with Gasteiger partial charge in [0, 0.05) is 43.7 Å². The maximum absolute atomic E-state index is 13.0. The number of hydrogen-bond acceptors (Lipinski definition) is 6. The first-order chi connectivity index (χ1) is 12.6. The number of fused-ring (bicyclic) bond motifs is 1. The van der Waals surface area contributed by atoms with Crippen LogP contribution >= 0.6 is 0 Å². The number of amides is 1. The summed E-state index contributed by atoms with van der Waals surface area (Å²) in [5, 5.41) is 14.6. The van der Waals surface area contributed by atoms with Crippen molar-refractivity contribution >= 4 is 11.6 Å². The number of nitrogens with two attached hydrogens (primary N) is 1. The molecule has 1 amide bonds. The second kappa shape index (κ2) is 6.61. The molecule has 2 aromatic rings. The standard InChI is InChI=1S/C18H25N5O3/c1-12-13(11-20-16-2-6-21-23(12)16)17(25)22-7-3-18(4-8-22)14(24)10-15(18)26-9-5-19/h2,6,11,14-15,24H,3-5,7-10,19H2,1H3/t14-,15+/m1/s1. The van der Waals surface area contributed by atoms with Crippen molar-refractivity contribution in [3.05, 3.63) is 29.7 Å². The minimum absolute atomic E-state index is 0.0320. The van der Waals surface area contributed by atoms with Gasteiger partial charge in [-0.2, -0.15) is 5.10 Å². The molecule has 140 valence electrons. The van der Waals surface area contributed by atoms with E-state index in [4.69, 9.17) is 10.5 Å². The zero-order valence-electron chi connectivity index (χ0n) is 15.0. The van der Waals surface area contributed by atoms with Crippen LogP contribution in [0.15, 0.2) is 18.5 Å². The highest BCUT2D eigenvalue weighted by atomic mass is 16.5. The van der Waals surface area contributed by atoms with Crippen LogP contribution in [0.3, 0.4) is 0 Å². The highest BCUT2D eigenvalue weighted by Gasteiger charge is 2.56. The number of hydrogen-bond donors (Lipinski definition) is 2. The minimum Gasteiger partial charge on any atom is -0.392 e. The normalized spacial score (nSPS) is 24.8. The number of aromatic nitrogens is 3. The van der Waals surface area contributed by atoms with Crippen LogP contribution in [0.25, 0.3) is 5.65 Å². The molecular weight excluding hydrogens is 334 g/mol. The van der Waals surface area contributed by atoms with Gasteiger partial charge in [-0.3, -0.25) is 4.79 Å². The Morgan fingerprint density at radius 3 is 2.92 bits per heavy atom. The Hall–Kier alpha value is -2.03. The zero-order valence-corrected chi connectivity index (χ0v) is 15.0. The molecule has 8 nitrogen and oxygen atoms in total. The quantitative estimate of drug-likeness (QED) is 0.817. The molecular formula is C18H25N5O3. The van der Waals surface area contributed by atoms with Crippen LogP contribution in [-0.2, 0) is 4.74 Å². The largest absolute Gasteiger partial charge is 0.392 e. The second-order valence-electron chi connectivity index (χ2n) is 7.28. The average Bonchev–Trinajstić information content (AvgIpc) is 3.14. The molecule has 26 heavy (non-hydrogen) atoms. The second-order valence-corrected chi connectivity index (χ2v) is 7.28. The van der Waals surface area contributed by atoms with Crippen molar-refractivity contribution in [2.75, 3.05) is 26.2 Å². The minimum atomic E-state index is -0.355. The molecule has 3 N–H and O–H groups in total. The maximum atomic E-state index is 13.0. The lowest BCUT2D eigenvalue weighted by molar-refractivity contribution is -0.207. The van der Waals surface area contributed by atoms with Crippen molar-refractivity contribution in [3.63, 3.8) is 0 Å². The van der Waals surface area contributed by atoms with Crippen LogP contribution in [0.4, 0.5) is 0 Å². The number of likely N-dealkylation sites (tertiary alicyclic amines) is 1. The molecule has 2 aliphatic rings. The Kier molecular flexibility index (Phi) is 4.42. The molecule has 1 aliphatic carbocycles. The van der Waals surface area contributed by atoms with Crippen molar-refractivity contribution in [2.45, 2.75) is 38.4 Å².